The quantitative estimate of drug-likeness (QED) is 0.700. The average Bonchev–Trinajstić information content (AvgIpc) is 3.11. The molecule has 0 N–H and O–H groups in total. The zero-order valence-corrected chi connectivity index (χ0v) is 10.9. The summed E-state index contributed by atoms with van der Waals surface area (Å²) in [7, 11) is 0. The molecule has 1 heterocycles. The Morgan fingerprint density at radius 1 is 1.20 bits per heavy atom. The van der Waals surface area contributed by atoms with Gasteiger partial charge in [0.25, 0.3) is 0 Å². The maximum atomic E-state index is 4.13. The molecule has 0 aromatic carbocycles. The summed E-state index contributed by atoms with van der Waals surface area (Å²) in [5.74, 6) is 0.970. The first-order chi connectivity index (χ1) is 7.36. The Morgan fingerprint density at radius 2 is 1.80 bits per heavy atom. The lowest BCUT2D eigenvalue weighted by atomic mass is 10.1. The molecular formula is C14H25N. The summed E-state index contributed by atoms with van der Waals surface area (Å²) in [6, 6.07) is 2.09. The van der Waals surface area contributed by atoms with Crippen molar-refractivity contribution in [2.24, 2.45) is 5.92 Å². The maximum Gasteiger partial charge on any atom is 0.0302 e. The number of pyridine rings is 1. The van der Waals surface area contributed by atoms with E-state index >= 15 is 0 Å². The van der Waals surface area contributed by atoms with E-state index in [1.54, 1.807) is 0 Å². The van der Waals surface area contributed by atoms with Gasteiger partial charge in [-0.2, -0.15) is 0 Å². The van der Waals surface area contributed by atoms with Gasteiger partial charge in [0.1, 0.15) is 0 Å². The first kappa shape index (κ1) is 14.2. The van der Waals surface area contributed by atoms with Crippen molar-refractivity contribution in [3.05, 3.63) is 29.6 Å². The van der Waals surface area contributed by atoms with Crippen LogP contribution >= 0.6 is 0 Å². The van der Waals surface area contributed by atoms with Gasteiger partial charge in [-0.1, -0.05) is 27.7 Å². The van der Waals surface area contributed by atoms with Gasteiger partial charge in [-0.25, -0.2) is 0 Å². The molecule has 1 fully saturated rings. The van der Waals surface area contributed by atoms with Crippen molar-refractivity contribution in [1.82, 2.24) is 4.98 Å². The van der Waals surface area contributed by atoms with Gasteiger partial charge >= 0.3 is 0 Å². The standard InChI is InChI=1S/C10H13N.2C2H6/c1-8-4-5-11-7-10(8)6-9-2-3-9;2*1-2/h4-5,7,9H,2-3,6H2,1H3;2*1-2H3. The van der Waals surface area contributed by atoms with Crippen LogP contribution in [0.4, 0.5) is 0 Å². The Bertz CT molecular complexity index is 251. The maximum absolute atomic E-state index is 4.13. The largest absolute Gasteiger partial charge is 0.264 e. The van der Waals surface area contributed by atoms with E-state index in [4.69, 9.17) is 0 Å². The number of aromatic nitrogens is 1. The molecule has 0 aliphatic heterocycles. The summed E-state index contributed by atoms with van der Waals surface area (Å²) in [4.78, 5) is 4.13. The highest BCUT2D eigenvalue weighted by Gasteiger charge is 2.21. The predicted octanol–water partition coefficient (Wildman–Crippen LogP) is 4.39. The molecule has 15 heavy (non-hydrogen) atoms. The highest BCUT2D eigenvalue weighted by atomic mass is 14.6. The van der Waals surface area contributed by atoms with Crippen molar-refractivity contribution in [2.45, 2.75) is 53.9 Å². The second kappa shape index (κ2) is 8.46. The molecule has 1 aromatic rings. The molecule has 0 unspecified atom stereocenters. The minimum Gasteiger partial charge on any atom is -0.264 e. The fourth-order valence-corrected chi connectivity index (χ4v) is 1.34. The van der Waals surface area contributed by atoms with Crippen molar-refractivity contribution in [1.29, 1.82) is 0 Å². The first-order valence-corrected chi connectivity index (χ1v) is 6.26. The Hall–Kier alpha value is -0.850. The van der Waals surface area contributed by atoms with Crippen molar-refractivity contribution < 1.29 is 0 Å². The molecule has 1 heteroatoms. The lowest BCUT2D eigenvalue weighted by Crippen LogP contribution is -1.91. The predicted molar refractivity (Wildman–Crippen MR) is 68.1 cm³/mol. The minimum atomic E-state index is 0.970. The number of hydrogen-bond donors (Lipinski definition) is 0. The summed E-state index contributed by atoms with van der Waals surface area (Å²) in [6.45, 7) is 10.2. The summed E-state index contributed by atoms with van der Waals surface area (Å²) in [6.07, 6.45) is 7.97. The lowest BCUT2D eigenvalue weighted by molar-refractivity contribution is 0.821. The van der Waals surface area contributed by atoms with E-state index in [1.165, 1.54) is 30.4 Å². The second-order valence-electron chi connectivity index (χ2n) is 3.45. The molecule has 1 aromatic heterocycles. The smallest absolute Gasteiger partial charge is 0.0302 e. The molecule has 0 atom stereocenters. The highest BCUT2D eigenvalue weighted by Crippen LogP contribution is 2.32. The normalized spacial score (nSPS) is 13.1. The zero-order valence-electron chi connectivity index (χ0n) is 10.9. The Kier molecular flexibility index (Phi) is 7.98. The minimum absolute atomic E-state index is 0.970. The molecule has 1 nitrogen and oxygen atoms in total. The highest BCUT2D eigenvalue weighted by molar-refractivity contribution is 5.22. The summed E-state index contributed by atoms with van der Waals surface area (Å²) >= 11 is 0. The van der Waals surface area contributed by atoms with Crippen molar-refractivity contribution >= 4 is 0 Å². The molecule has 1 aliphatic rings. The molecule has 0 saturated heterocycles. The molecule has 0 radical (unpaired) electrons. The monoisotopic (exact) mass is 207 g/mol. The average molecular weight is 207 g/mol. The van der Waals surface area contributed by atoms with Gasteiger partial charge in [-0.3, -0.25) is 4.98 Å². The lowest BCUT2D eigenvalue weighted by Gasteiger charge is -2.01. The number of rotatable bonds is 2. The van der Waals surface area contributed by atoms with Crippen molar-refractivity contribution in [2.75, 3.05) is 0 Å². The molecule has 1 saturated carbocycles. The molecule has 0 spiro atoms. The zero-order chi connectivity index (χ0) is 11.7. The van der Waals surface area contributed by atoms with Crippen LogP contribution in [0.25, 0.3) is 0 Å². The van der Waals surface area contributed by atoms with Gasteiger partial charge in [0.15, 0.2) is 0 Å². The van der Waals surface area contributed by atoms with Crippen molar-refractivity contribution in [3.63, 3.8) is 0 Å². The molecular weight excluding hydrogens is 182 g/mol. The van der Waals surface area contributed by atoms with E-state index in [9.17, 15) is 0 Å². The van der Waals surface area contributed by atoms with Crippen LogP contribution in [0.3, 0.4) is 0 Å². The van der Waals surface area contributed by atoms with E-state index in [2.05, 4.69) is 18.0 Å². The summed E-state index contributed by atoms with van der Waals surface area (Å²) in [5.41, 5.74) is 2.84. The van der Waals surface area contributed by atoms with E-state index in [0.29, 0.717) is 0 Å². The van der Waals surface area contributed by atoms with Crippen LogP contribution in [0, 0.1) is 12.8 Å². The Balaban J connectivity index is 0.000000442. The third kappa shape index (κ3) is 5.56. The van der Waals surface area contributed by atoms with Gasteiger partial charge in [0, 0.05) is 12.4 Å². The van der Waals surface area contributed by atoms with Gasteiger partial charge in [-0.05, 0) is 49.3 Å². The fourth-order valence-electron chi connectivity index (χ4n) is 1.34. The Morgan fingerprint density at radius 3 is 2.27 bits per heavy atom. The van der Waals surface area contributed by atoms with Crippen LogP contribution in [0.1, 0.15) is 51.7 Å². The van der Waals surface area contributed by atoms with Crippen LogP contribution in [-0.4, -0.2) is 4.98 Å². The molecule has 1 aliphatic carbocycles. The molecule has 86 valence electrons. The summed E-state index contributed by atoms with van der Waals surface area (Å²) in [5, 5.41) is 0. The third-order valence-electron chi connectivity index (χ3n) is 2.35. The summed E-state index contributed by atoms with van der Waals surface area (Å²) < 4.78 is 0. The number of nitrogens with zero attached hydrogens (tertiary/aromatic N) is 1. The Labute approximate surface area is 94.9 Å². The third-order valence-corrected chi connectivity index (χ3v) is 2.35. The fraction of sp³-hybridized carbons (Fsp3) is 0.643. The first-order valence-electron chi connectivity index (χ1n) is 6.26. The van der Waals surface area contributed by atoms with Crippen LogP contribution in [0.5, 0.6) is 0 Å². The van der Waals surface area contributed by atoms with Gasteiger partial charge in [-0.15, -0.1) is 0 Å². The van der Waals surface area contributed by atoms with Crippen LogP contribution < -0.4 is 0 Å². The van der Waals surface area contributed by atoms with E-state index < -0.39 is 0 Å². The second-order valence-corrected chi connectivity index (χ2v) is 3.45. The van der Waals surface area contributed by atoms with Gasteiger partial charge in [0.2, 0.25) is 0 Å². The van der Waals surface area contributed by atoms with Crippen molar-refractivity contribution in [3.8, 4) is 0 Å². The molecule has 0 amide bonds. The number of hydrogen-bond acceptors (Lipinski definition) is 1. The van der Waals surface area contributed by atoms with E-state index in [-0.39, 0.29) is 0 Å². The van der Waals surface area contributed by atoms with E-state index in [1.807, 2.05) is 40.1 Å². The van der Waals surface area contributed by atoms with Crippen LogP contribution in [0.15, 0.2) is 18.5 Å². The van der Waals surface area contributed by atoms with E-state index in [0.717, 1.165) is 5.92 Å². The van der Waals surface area contributed by atoms with Gasteiger partial charge < -0.3 is 0 Å². The topological polar surface area (TPSA) is 12.9 Å². The number of aryl methyl sites for hydroxylation is 1. The molecule has 2 rings (SSSR count). The van der Waals surface area contributed by atoms with Crippen LogP contribution in [0.2, 0.25) is 0 Å². The SMILES string of the molecule is CC.CC.Cc1ccncc1CC1CC1. The van der Waals surface area contributed by atoms with Crippen LogP contribution in [-0.2, 0) is 6.42 Å². The molecule has 0 bridgehead atoms. The van der Waals surface area contributed by atoms with Gasteiger partial charge in [0.05, 0.1) is 0 Å².